The highest BCUT2D eigenvalue weighted by Crippen LogP contribution is 2.09. The molecular formula is C11H15NO4. The molecule has 0 atom stereocenters. The van der Waals surface area contributed by atoms with Gasteiger partial charge in [-0.3, -0.25) is 14.4 Å². The number of Topliss-reactive ketones (excluding diaryl/α,β-unsaturated/α-hetero) is 2. The minimum atomic E-state index is -0.651. The van der Waals surface area contributed by atoms with Gasteiger partial charge in [-0.05, 0) is 20.8 Å². The molecule has 0 unspecified atom stereocenters. The third kappa shape index (κ3) is 7.68. The van der Waals surface area contributed by atoms with Gasteiger partial charge >= 0.3 is 5.97 Å². The largest absolute Gasteiger partial charge is 0.460 e. The van der Waals surface area contributed by atoms with Gasteiger partial charge < -0.3 is 4.74 Å². The highest BCUT2D eigenvalue weighted by atomic mass is 16.6. The molecule has 0 heterocycles. The number of ketones is 2. The lowest BCUT2D eigenvalue weighted by atomic mass is 10.1. The van der Waals surface area contributed by atoms with Crippen molar-refractivity contribution < 1.29 is 19.1 Å². The van der Waals surface area contributed by atoms with Crippen LogP contribution in [0.3, 0.4) is 0 Å². The first kappa shape index (κ1) is 14.3. The summed E-state index contributed by atoms with van der Waals surface area (Å²) in [6, 6.07) is 1.65. The molecule has 0 aromatic carbocycles. The first-order valence-corrected chi connectivity index (χ1v) is 4.87. The molecule has 16 heavy (non-hydrogen) atoms. The van der Waals surface area contributed by atoms with Gasteiger partial charge in [-0.25, -0.2) is 0 Å². The summed E-state index contributed by atoms with van der Waals surface area (Å²) in [7, 11) is 0. The lowest BCUT2D eigenvalue weighted by molar-refractivity contribution is -0.156. The Morgan fingerprint density at radius 2 is 1.69 bits per heavy atom. The topological polar surface area (TPSA) is 84.2 Å². The fraction of sp³-hybridized carbons (Fsp3) is 0.636. The molecule has 0 aromatic rings. The Kier molecular flexibility index (Phi) is 5.37. The molecular weight excluding hydrogens is 210 g/mol. The van der Waals surface area contributed by atoms with Crippen molar-refractivity contribution in [2.45, 2.75) is 45.6 Å². The Bertz CT molecular complexity index is 333. The van der Waals surface area contributed by atoms with Gasteiger partial charge in [0.25, 0.3) is 0 Å². The molecule has 0 spiro atoms. The van der Waals surface area contributed by atoms with E-state index in [-0.39, 0.29) is 12.8 Å². The average molecular weight is 225 g/mol. The smallest absolute Gasteiger partial charge is 0.313 e. The molecule has 0 fully saturated rings. The number of ether oxygens (including phenoxy) is 1. The lowest BCUT2D eigenvalue weighted by Crippen LogP contribution is -2.25. The van der Waals surface area contributed by atoms with E-state index in [4.69, 9.17) is 10.00 Å². The van der Waals surface area contributed by atoms with E-state index >= 15 is 0 Å². The van der Waals surface area contributed by atoms with Gasteiger partial charge in [0.2, 0.25) is 0 Å². The van der Waals surface area contributed by atoms with Crippen LogP contribution in [0.2, 0.25) is 0 Å². The number of nitrogens with zero attached hydrogens (tertiary/aromatic N) is 1. The van der Waals surface area contributed by atoms with E-state index in [9.17, 15) is 14.4 Å². The number of carbonyl (C=O) groups is 3. The van der Waals surface area contributed by atoms with Crippen LogP contribution in [-0.4, -0.2) is 23.1 Å². The van der Waals surface area contributed by atoms with Gasteiger partial charge in [-0.2, -0.15) is 5.26 Å². The van der Waals surface area contributed by atoms with Crippen molar-refractivity contribution in [3.63, 3.8) is 0 Å². The zero-order chi connectivity index (χ0) is 12.8. The van der Waals surface area contributed by atoms with Crippen molar-refractivity contribution in [3.05, 3.63) is 0 Å². The molecule has 0 aliphatic heterocycles. The second-order valence-electron chi connectivity index (χ2n) is 4.35. The van der Waals surface area contributed by atoms with Gasteiger partial charge in [0.1, 0.15) is 12.0 Å². The van der Waals surface area contributed by atoms with E-state index in [1.165, 1.54) is 0 Å². The van der Waals surface area contributed by atoms with Crippen molar-refractivity contribution in [1.29, 1.82) is 5.26 Å². The molecule has 0 aliphatic rings. The summed E-state index contributed by atoms with van der Waals surface area (Å²) in [5.41, 5.74) is -0.645. The zero-order valence-electron chi connectivity index (χ0n) is 9.70. The standard InChI is InChI=1S/C11H15NO4/c1-11(2,3)16-10(15)7-9(14)6-8(13)4-5-12/h4,6-7H2,1-3H3. The molecule has 0 saturated heterocycles. The lowest BCUT2D eigenvalue weighted by Gasteiger charge is -2.18. The number of rotatable bonds is 5. The number of hydrogen-bond acceptors (Lipinski definition) is 5. The predicted molar refractivity (Wildman–Crippen MR) is 55.3 cm³/mol. The van der Waals surface area contributed by atoms with Crippen LogP contribution >= 0.6 is 0 Å². The van der Waals surface area contributed by atoms with Gasteiger partial charge in [-0.15, -0.1) is 0 Å². The minimum absolute atomic E-state index is 0.305. The zero-order valence-corrected chi connectivity index (χ0v) is 9.70. The Balaban J connectivity index is 4.03. The number of hydrogen-bond donors (Lipinski definition) is 0. The molecule has 0 radical (unpaired) electrons. The van der Waals surface area contributed by atoms with Gasteiger partial charge in [-0.1, -0.05) is 0 Å². The van der Waals surface area contributed by atoms with Crippen LogP contribution in [0.4, 0.5) is 0 Å². The van der Waals surface area contributed by atoms with Crippen LogP contribution in [-0.2, 0) is 19.1 Å². The van der Waals surface area contributed by atoms with E-state index in [0.717, 1.165) is 0 Å². The molecule has 5 heteroatoms. The van der Waals surface area contributed by atoms with Crippen molar-refractivity contribution in [3.8, 4) is 6.07 Å². The maximum Gasteiger partial charge on any atom is 0.313 e. The van der Waals surface area contributed by atoms with Crippen LogP contribution in [0.1, 0.15) is 40.0 Å². The van der Waals surface area contributed by atoms with Gasteiger partial charge in [0.15, 0.2) is 11.6 Å². The van der Waals surface area contributed by atoms with Crippen LogP contribution in [0.5, 0.6) is 0 Å². The van der Waals surface area contributed by atoms with Gasteiger partial charge in [0, 0.05) is 0 Å². The van der Waals surface area contributed by atoms with Crippen LogP contribution in [0.15, 0.2) is 0 Å². The Morgan fingerprint density at radius 1 is 1.12 bits per heavy atom. The molecule has 0 bridgehead atoms. The maximum atomic E-state index is 11.2. The summed E-state index contributed by atoms with van der Waals surface area (Å²) in [5, 5.41) is 8.21. The molecule has 0 saturated carbocycles. The maximum absolute atomic E-state index is 11.2. The highest BCUT2D eigenvalue weighted by Gasteiger charge is 2.20. The summed E-state index contributed by atoms with van der Waals surface area (Å²) < 4.78 is 4.91. The van der Waals surface area contributed by atoms with E-state index in [1.54, 1.807) is 26.8 Å². The van der Waals surface area contributed by atoms with E-state index in [2.05, 4.69) is 0 Å². The second kappa shape index (κ2) is 6.01. The summed E-state index contributed by atoms with van der Waals surface area (Å²) in [6.07, 6.45) is -1.11. The van der Waals surface area contributed by atoms with Crippen LogP contribution in [0.25, 0.3) is 0 Å². The Morgan fingerprint density at radius 3 is 2.12 bits per heavy atom. The molecule has 0 aromatic heterocycles. The third-order valence-electron chi connectivity index (χ3n) is 1.43. The number of esters is 1. The summed E-state index contributed by atoms with van der Waals surface area (Å²) in [4.78, 5) is 33.3. The first-order valence-electron chi connectivity index (χ1n) is 4.87. The number of nitriles is 1. The van der Waals surface area contributed by atoms with Crippen molar-refractivity contribution >= 4 is 17.5 Å². The molecule has 88 valence electrons. The van der Waals surface area contributed by atoms with Gasteiger partial charge in [0.05, 0.1) is 18.9 Å². The fourth-order valence-corrected chi connectivity index (χ4v) is 0.972. The normalized spacial score (nSPS) is 10.4. The molecule has 0 aliphatic carbocycles. The number of carbonyl (C=O) groups excluding carboxylic acids is 3. The summed E-state index contributed by atoms with van der Waals surface area (Å²) in [5.74, 6) is -1.65. The molecule has 0 N–H and O–H groups in total. The minimum Gasteiger partial charge on any atom is -0.460 e. The van der Waals surface area contributed by atoms with Crippen LogP contribution < -0.4 is 0 Å². The quantitative estimate of drug-likeness (QED) is 0.517. The van der Waals surface area contributed by atoms with Crippen molar-refractivity contribution in [2.24, 2.45) is 0 Å². The van der Waals surface area contributed by atoms with E-state index < -0.39 is 29.6 Å². The van der Waals surface area contributed by atoms with Crippen molar-refractivity contribution in [1.82, 2.24) is 0 Å². The second-order valence-corrected chi connectivity index (χ2v) is 4.35. The molecule has 0 amide bonds. The highest BCUT2D eigenvalue weighted by molar-refractivity contribution is 6.06. The fourth-order valence-electron chi connectivity index (χ4n) is 0.972. The summed E-state index contributed by atoms with van der Waals surface area (Å²) in [6.45, 7) is 5.07. The Labute approximate surface area is 94.4 Å². The molecule has 5 nitrogen and oxygen atoms in total. The SMILES string of the molecule is CC(C)(C)OC(=O)CC(=O)CC(=O)CC#N. The Hall–Kier alpha value is -1.70. The van der Waals surface area contributed by atoms with E-state index in [0.29, 0.717) is 0 Å². The van der Waals surface area contributed by atoms with Crippen molar-refractivity contribution in [2.75, 3.05) is 0 Å². The van der Waals surface area contributed by atoms with Crippen LogP contribution in [0, 0.1) is 11.3 Å². The predicted octanol–water partition coefficient (Wildman–Crippen LogP) is 1.16. The monoisotopic (exact) mass is 225 g/mol. The van der Waals surface area contributed by atoms with E-state index in [1.807, 2.05) is 0 Å². The summed E-state index contributed by atoms with van der Waals surface area (Å²) >= 11 is 0. The molecule has 0 rings (SSSR count). The average Bonchev–Trinajstić information content (AvgIpc) is 1.98. The first-order chi connectivity index (χ1) is 7.24. The third-order valence-corrected chi connectivity index (χ3v) is 1.43.